The molecular weight excluding hydrogens is 526 g/mol. The highest BCUT2D eigenvalue weighted by Gasteiger charge is 2.33. The summed E-state index contributed by atoms with van der Waals surface area (Å²) in [5.74, 6) is -0.905. The molecule has 0 bridgehead atoms. The number of aryl methyl sites for hydroxylation is 1. The van der Waals surface area contributed by atoms with Crippen LogP contribution in [0, 0.1) is 6.92 Å². The van der Waals surface area contributed by atoms with E-state index in [9.17, 15) is 26.4 Å². The first-order chi connectivity index (χ1) is 16.4. The van der Waals surface area contributed by atoms with Crippen LogP contribution in [0.1, 0.15) is 16.7 Å². The van der Waals surface area contributed by atoms with Gasteiger partial charge in [0.25, 0.3) is 15.9 Å². The molecule has 0 spiro atoms. The summed E-state index contributed by atoms with van der Waals surface area (Å²) >= 11 is 12.1. The van der Waals surface area contributed by atoms with Gasteiger partial charge in [-0.3, -0.25) is 9.10 Å². The molecule has 0 radical (unpaired) electrons. The van der Waals surface area contributed by atoms with E-state index < -0.39 is 34.2 Å². The number of sulfonamides is 1. The third kappa shape index (κ3) is 6.53. The van der Waals surface area contributed by atoms with Crippen molar-refractivity contribution in [1.82, 2.24) is 5.43 Å². The number of hydrazone groups is 1. The lowest BCUT2D eigenvalue weighted by Crippen LogP contribution is -2.39. The minimum Gasteiger partial charge on any atom is -0.271 e. The van der Waals surface area contributed by atoms with Crippen LogP contribution in [-0.2, 0) is 21.0 Å². The molecule has 3 aromatic rings. The summed E-state index contributed by atoms with van der Waals surface area (Å²) in [7, 11) is -4.41. The molecule has 0 aromatic heterocycles. The summed E-state index contributed by atoms with van der Waals surface area (Å²) < 4.78 is 67.0. The Bertz CT molecular complexity index is 1340. The fourth-order valence-corrected chi connectivity index (χ4v) is 4.87. The number of nitrogens with one attached hydrogen (secondary N) is 1. The van der Waals surface area contributed by atoms with Crippen molar-refractivity contribution in [2.24, 2.45) is 5.10 Å². The number of rotatable bonds is 7. The normalized spacial score (nSPS) is 12.1. The fraction of sp³-hybridized carbons (Fsp3) is 0.130. The lowest BCUT2D eigenvalue weighted by atomic mass is 10.2. The molecule has 0 fully saturated rings. The summed E-state index contributed by atoms with van der Waals surface area (Å²) in [6, 6.07) is 14.1. The summed E-state index contributed by atoms with van der Waals surface area (Å²) in [4.78, 5) is 12.4. The second kappa shape index (κ2) is 10.7. The van der Waals surface area contributed by atoms with Crippen molar-refractivity contribution in [2.45, 2.75) is 18.0 Å². The first-order valence-corrected chi connectivity index (χ1v) is 12.1. The number of carbonyl (C=O) groups is 1. The molecule has 12 heteroatoms. The number of hydrogen-bond donors (Lipinski definition) is 1. The Balaban J connectivity index is 1.93. The minimum atomic E-state index is -4.71. The van der Waals surface area contributed by atoms with Crippen LogP contribution in [0.2, 0.25) is 10.0 Å². The van der Waals surface area contributed by atoms with Crippen molar-refractivity contribution in [3.8, 4) is 0 Å². The first kappa shape index (κ1) is 26.5. The van der Waals surface area contributed by atoms with Gasteiger partial charge in [0.05, 0.1) is 32.4 Å². The van der Waals surface area contributed by atoms with E-state index in [-0.39, 0.29) is 20.6 Å². The third-order valence-electron chi connectivity index (χ3n) is 4.74. The Morgan fingerprint density at radius 1 is 1.03 bits per heavy atom. The summed E-state index contributed by atoms with van der Waals surface area (Å²) in [5, 5.41) is 4.27. The highest BCUT2D eigenvalue weighted by molar-refractivity contribution is 7.92. The van der Waals surface area contributed by atoms with E-state index in [1.807, 2.05) is 0 Å². The predicted octanol–water partition coefficient (Wildman–Crippen LogP) is 5.67. The maximum absolute atomic E-state index is 13.3. The number of alkyl halides is 3. The van der Waals surface area contributed by atoms with Crippen LogP contribution < -0.4 is 9.73 Å². The van der Waals surface area contributed by atoms with Gasteiger partial charge in [-0.15, -0.1) is 0 Å². The van der Waals surface area contributed by atoms with Gasteiger partial charge in [-0.25, -0.2) is 13.8 Å². The molecule has 0 aliphatic rings. The van der Waals surface area contributed by atoms with Crippen molar-refractivity contribution < 1.29 is 26.4 Å². The van der Waals surface area contributed by atoms with E-state index in [2.05, 4.69) is 10.5 Å². The average Bonchev–Trinajstić information content (AvgIpc) is 2.79. The lowest BCUT2D eigenvalue weighted by molar-refractivity contribution is -0.137. The van der Waals surface area contributed by atoms with Gasteiger partial charge in [0.1, 0.15) is 6.54 Å². The molecule has 3 aromatic carbocycles. The molecule has 35 heavy (non-hydrogen) atoms. The molecule has 0 aliphatic heterocycles. The smallest absolute Gasteiger partial charge is 0.271 e. The van der Waals surface area contributed by atoms with Crippen LogP contribution in [0.15, 0.2) is 76.7 Å². The van der Waals surface area contributed by atoms with Gasteiger partial charge in [-0.2, -0.15) is 18.3 Å². The van der Waals surface area contributed by atoms with Crippen molar-refractivity contribution in [3.63, 3.8) is 0 Å². The summed E-state index contributed by atoms with van der Waals surface area (Å²) in [5.41, 5.74) is 1.84. The van der Waals surface area contributed by atoms with E-state index in [1.54, 1.807) is 25.1 Å². The van der Waals surface area contributed by atoms with Gasteiger partial charge in [-0.05, 0) is 49.4 Å². The molecule has 0 aliphatic carbocycles. The number of benzene rings is 3. The average molecular weight is 544 g/mol. The van der Waals surface area contributed by atoms with E-state index >= 15 is 0 Å². The zero-order chi connectivity index (χ0) is 25.8. The van der Waals surface area contributed by atoms with Gasteiger partial charge in [0.15, 0.2) is 0 Å². The highest BCUT2D eigenvalue weighted by atomic mass is 35.5. The topological polar surface area (TPSA) is 78.8 Å². The van der Waals surface area contributed by atoms with E-state index in [1.165, 1.54) is 36.5 Å². The van der Waals surface area contributed by atoms with Crippen LogP contribution >= 0.6 is 23.2 Å². The van der Waals surface area contributed by atoms with Crippen molar-refractivity contribution in [2.75, 3.05) is 10.8 Å². The number of anilines is 1. The molecule has 1 N–H and O–H groups in total. The standard InChI is InChI=1S/C23H18Cl2F3N3O3S/c1-15-8-10-18(11-9-15)35(33,34)31(17-5-2-4-16(12-17)23(26,27)28)14-22(32)30-29-13-19-20(24)6-3-7-21(19)25/h2-13H,14H2,1H3,(H,30,32)/b29-13-. The fourth-order valence-electron chi connectivity index (χ4n) is 2.96. The third-order valence-corrected chi connectivity index (χ3v) is 7.19. The van der Waals surface area contributed by atoms with Crippen LogP contribution in [0.3, 0.4) is 0 Å². The molecular formula is C23H18Cl2F3N3O3S. The van der Waals surface area contributed by atoms with Crippen LogP contribution in [0.4, 0.5) is 18.9 Å². The first-order valence-electron chi connectivity index (χ1n) is 9.92. The second-order valence-electron chi connectivity index (χ2n) is 7.30. The maximum Gasteiger partial charge on any atom is 0.416 e. The lowest BCUT2D eigenvalue weighted by Gasteiger charge is -2.24. The predicted molar refractivity (Wildman–Crippen MR) is 129 cm³/mol. The van der Waals surface area contributed by atoms with E-state index in [0.717, 1.165) is 17.7 Å². The molecule has 3 rings (SSSR count). The molecule has 0 heterocycles. The number of carbonyl (C=O) groups excluding carboxylic acids is 1. The summed E-state index contributed by atoms with van der Waals surface area (Å²) in [6.07, 6.45) is -3.54. The molecule has 0 saturated heterocycles. The molecule has 184 valence electrons. The Morgan fingerprint density at radius 2 is 1.63 bits per heavy atom. The Hall–Kier alpha value is -3.08. The molecule has 1 amide bonds. The van der Waals surface area contributed by atoms with E-state index in [4.69, 9.17) is 23.2 Å². The monoisotopic (exact) mass is 543 g/mol. The van der Waals surface area contributed by atoms with Crippen LogP contribution in [0.25, 0.3) is 0 Å². The Morgan fingerprint density at radius 3 is 2.23 bits per heavy atom. The van der Waals surface area contributed by atoms with Gasteiger partial charge < -0.3 is 0 Å². The van der Waals surface area contributed by atoms with Gasteiger partial charge in [-0.1, -0.05) is 53.0 Å². The minimum absolute atomic E-state index is 0.195. The van der Waals surface area contributed by atoms with E-state index in [0.29, 0.717) is 15.9 Å². The number of halogens is 5. The molecule has 0 unspecified atom stereocenters. The SMILES string of the molecule is Cc1ccc(S(=O)(=O)N(CC(=O)N/N=C\c2c(Cl)cccc2Cl)c2cccc(C(F)(F)F)c2)cc1. The van der Waals surface area contributed by atoms with Gasteiger partial charge in [0.2, 0.25) is 0 Å². The zero-order valence-corrected chi connectivity index (χ0v) is 20.4. The maximum atomic E-state index is 13.3. The largest absolute Gasteiger partial charge is 0.416 e. The summed E-state index contributed by atoms with van der Waals surface area (Å²) in [6.45, 7) is 0.906. The number of hydrogen-bond acceptors (Lipinski definition) is 4. The Kier molecular flexibility index (Phi) is 8.09. The van der Waals surface area contributed by atoms with Gasteiger partial charge >= 0.3 is 6.18 Å². The molecule has 0 saturated carbocycles. The van der Waals surface area contributed by atoms with Crippen molar-refractivity contribution in [3.05, 3.63) is 93.5 Å². The zero-order valence-electron chi connectivity index (χ0n) is 18.1. The van der Waals surface area contributed by atoms with Crippen LogP contribution in [0.5, 0.6) is 0 Å². The van der Waals surface area contributed by atoms with Crippen molar-refractivity contribution >= 4 is 51.0 Å². The van der Waals surface area contributed by atoms with Gasteiger partial charge in [0, 0.05) is 5.56 Å². The Labute approximate surface area is 210 Å². The second-order valence-corrected chi connectivity index (χ2v) is 9.98. The highest BCUT2D eigenvalue weighted by Crippen LogP contribution is 2.33. The van der Waals surface area contributed by atoms with Crippen LogP contribution in [-0.4, -0.2) is 27.1 Å². The number of amides is 1. The quantitative estimate of drug-likeness (QED) is 0.308. The molecule has 6 nitrogen and oxygen atoms in total. The van der Waals surface area contributed by atoms with Crippen molar-refractivity contribution in [1.29, 1.82) is 0 Å². The molecule has 0 atom stereocenters. The number of nitrogens with zero attached hydrogens (tertiary/aromatic N) is 2.